The molecule has 4 nitrogen and oxygen atoms in total. The normalized spacial score (nSPS) is 11.1. The van der Waals surface area contributed by atoms with E-state index in [1.54, 1.807) is 0 Å². The van der Waals surface area contributed by atoms with Crippen LogP contribution in [-0.2, 0) is 0 Å². The molecule has 0 spiro atoms. The van der Waals surface area contributed by atoms with Crippen molar-refractivity contribution in [1.29, 1.82) is 5.26 Å². The van der Waals surface area contributed by atoms with E-state index in [1.165, 1.54) is 12.4 Å². The van der Waals surface area contributed by atoms with Gasteiger partial charge in [0.25, 0.3) is 0 Å². The molecule has 0 saturated carbocycles. The summed E-state index contributed by atoms with van der Waals surface area (Å²) >= 11 is 0. The second kappa shape index (κ2) is 7.95. The SMILES string of the molecule is N#Cc1ccc2c(oc3c(-c4cc(F)ncn4)cccc32)c1-c1ccc(-c2ccccc2)cc1. The van der Waals surface area contributed by atoms with Crippen LogP contribution in [0.25, 0.3) is 55.4 Å². The van der Waals surface area contributed by atoms with Gasteiger partial charge in [-0.05, 0) is 34.9 Å². The topological polar surface area (TPSA) is 62.7 Å². The van der Waals surface area contributed by atoms with E-state index in [2.05, 4.69) is 28.2 Å². The molecule has 0 aliphatic rings. The highest BCUT2D eigenvalue weighted by molar-refractivity contribution is 6.13. The molecule has 0 amide bonds. The molecular formula is C29H16FN3O. The van der Waals surface area contributed by atoms with E-state index in [9.17, 15) is 9.65 Å². The first-order valence-corrected chi connectivity index (χ1v) is 10.7. The summed E-state index contributed by atoms with van der Waals surface area (Å²) in [7, 11) is 0. The molecule has 6 aromatic rings. The van der Waals surface area contributed by atoms with Gasteiger partial charge in [0, 0.05) is 28.0 Å². The largest absolute Gasteiger partial charge is 0.455 e. The highest BCUT2D eigenvalue weighted by Crippen LogP contribution is 2.41. The number of hydrogen-bond acceptors (Lipinski definition) is 4. The number of benzene rings is 4. The standard InChI is InChI=1S/C29H16FN3O/c30-26-15-25(32-17-33-26)24-8-4-7-22-23-14-13-21(16-31)27(29(23)34-28(22)24)20-11-9-19(10-12-20)18-5-2-1-3-6-18/h1-15,17H. The Labute approximate surface area is 194 Å². The molecule has 0 aliphatic heterocycles. The lowest BCUT2D eigenvalue weighted by molar-refractivity contribution is 0.580. The Morgan fingerprint density at radius 1 is 0.706 bits per heavy atom. The van der Waals surface area contributed by atoms with Crippen LogP contribution in [0, 0.1) is 17.3 Å². The first kappa shape index (κ1) is 19.8. The Kier molecular flexibility index (Phi) is 4.64. The van der Waals surface area contributed by atoms with Gasteiger partial charge in [-0.2, -0.15) is 9.65 Å². The van der Waals surface area contributed by atoms with Crippen molar-refractivity contribution >= 4 is 21.9 Å². The van der Waals surface area contributed by atoms with Crippen molar-refractivity contribution in [2.24, 2.45) is 0 Å². The molecule has 0 atom stereocenters. The molecule has 4 aromatic carbocycles. The first-order chi connectivity index (χ1) is 16.7. The maximum atomic E-state index is 13.8. The number of rotatable bonds is 3. The summed E-state index contributed by atoms with van der Waals surface area (Å²) in [5.41, 5.74) is 6.66. The molecule has 0 saturated heterocycles. The summed E-state index contributed by atoms with van der Waals surface area (Å²) in [5.74, 6) is -0.607. The van der Waals surface area contributed by atoms with Crippen LogP contribution in [0.2, 0.25) is 0 Å². The van der Waals surface area contributed by atoms with Gasteiger partial charge in [0.15, 0.2) is 0 Å². The molecule has 34 heavy (non-hydrogen) atoms. The summed E-state index contributed by atoms with van der Waals surface area (Å²) in [5, 5.41) is 11.6. The lowest BCUT2D eigenvalue weighted by Crippen LogP contribution is -1.88. The second-order valence-electron chi connectivity index (χ2n) is 7.93. The van der Waals surface area contributed by atoms with E-state index < -0.39 is 5.95 Å². The minimum absolute atomic E-state index is 0.437. The second-order valence-corrected chi connectivity index (χ2v) is 7.93. The molecule has 0 N–H and O–H groups in total. The van der Waals surface area contributed by atoms with Gasteiger partial charge < -0.3 is 4.42 Å². The molecule has 160 valence electrons. The molecule has 0 bridgehead atoms. The van der Waals surface area contributed by atoms with Crippen LogP contribution in [0.3, 0.4) is 0 Å². The van der Waals surface area contributed by atoms with Crippen LogP contribution in [0.4, 0.5) is 4.39 Å². The molecule has 6 rings (SSSR count). The monoisotopic (exact) mass is 441 g/mol. The van der Waals surface area contributed by atoms with Crippen molar-refractivity contribution in [3.05, 3.63) is 109 Å². The molecule has 5 heteroatoms. The Hall–Kier alpha value is -4.82. The Balaban J connectivity index is 1.58. The molecule has 0 radical (unpaired) electrons. The van der Waals surface area contributed by atoms with Gasteiger partial charge in [-0.25, -0.2) is 9.97 Å². The number of para-hydroxylation sites is 1. The fourth-order valence-electron chi connectivity index (χ4n) is 4.38. The van der Waals surface area contributed by atoms with Crippen LogP contribution in [0.1, 0.15) is 5.56 Å². The van der Waals surface area contributed by atoms with E-state index in [0.717, 1.165) is 33.0 Å². The van der Waals surface area contributed by atoms with Crippen molar-refractivity contribution in [2.75, 3.05) is 0 Å². The van der Waals surface area contributed by atoms with Crippen LogP contribution >= 0.6 is 0 Å². The van der Waals surface area contributed by atoms with Gasteiger partial charge >= 0.3 is 0 Å². The summed E-state index contributed by atoms with van der Waals surface area (Å²) in [4.78, 5) is 7.77. The molecule has 2 heterocycles. The number of halogens is 1. The smallest absolute Gasteiger partial charge is 0.216 e. The maximum Gasteiger partial charge on any atom is 0.216 e. The van der Waals surface area contributed by atoms with Crippen molar-refractivity contribution in [3.8, 4) is 39.6 Å². The highest BCUT2D eigenvalue weighted by atomic mass is 19.1. The molecule has 0 unspecified atom stereocenters. The zero-order valence-electron chi connectivity index (χ0n) is 17.9. The fourth-order valence-corrected chi connectivity index (χ4v) is 4.38. The summed E-state index contributed by atoms with van der Waals surface area (Å²) in [6.07, 6.45) is 1.19. The van der Waals surface area contributed by atoms with E-state index in [0.29, 0.717) is 28.0 Å². The third-order valence-corrected chi connectivity index (χ3v) is 5.98. The Morgan fingerprint density at radius 3 is 2.21 bits per heavy atom. The first-order valence-electron chi connectivity index (χ1n) is 10.7. The van der Waals surface area contributed by atoms with Crippen molar-refractivity contribution < 1.29 is 8.81 Å². The zero-order valence-corrected chi connectivity index (χ0v) is 17.9. The van der Waals surface area contributed by atoms with E-state index in [-0.39, 0.29) is 0 Å². The third-order valence-electron chi connectivity index (χ3n) is 5.98. The summed E-state index contributed by atoms with van der Waals surface area (Å²) in [6.45, 7) is 0. The number of aromatic nitrogens is 2. The Morgan fingerprint density at radius 2 is 1.44 bits per heavy atom. The predicted octanol–water partition coefficient (Wildman–Crippen LogP) is 7.39. The number of fused-ring (bicyclic) bond motifs is 3. The minimum atomic E-state index is -0.607. The average Bonchev–Trinajstić information content (AvgIpc) is 3.27. The summed E-state index contributed by atoms with van der Waals surface area (Å²) < 4.78 is 20.2. The quantitative estimate of drug-likeness (QED) is 0.269. The van der Waals surface area contributed by atoms with Gasteiger partial charge in [0.2, 0.25) is 5.95 Å². The highest BCUT2D eigenvalue weighted by Gasteiger charge is 2.19. The number of hydrogen-bond donors (Lipinski definition) is 0. The lowest BCUT2D eigenvalue weighted by Gasteiger charge is -2.07. The maximum absolute atomic E-state index is 13.8. The molecule has 0 aliphatic carbocycles. The van der Waals surface area contributed by atoms with E-state index >= 15 is 0 Å². The fraction of sp³-hybridized carbons (Fsp3) is 0. The number of furan rings is 1. The summed E-state index contributed by atoms with van der Waals surface area (Å²) in [6, 6.07) is 31.2. The van der Waals surface area contributed by atoms with Crippen molar-refractivity contribution in [3.63, 3.8) is 0 Å². The van der Waals surface area contributed by atoms with Crippen molar-refractivity contribution in [2.45, 2.75) is 0 Å². The average molecular weight is 441 g/mol. The van der Waals surface area contributed by atoms with Crippen LogP contribution in [0.15, 0.2) is 102 Å². The van der Waals surface area contributed by atoms with Gasteiger partial charge in [0.05, 0.1) is 17.3 Å². The van der Waals surface area contributed by atoms with Crippen molar-refractivity contribution in [1.82, 2.24) is 9.97 Å². The van der Waals surface area contributed by atoms with E-state index in [4.69, 9.17) is 4.42 Å². The van der Waals surface area contributed by atoms with Crippen LogP contribution in [-0.4, -0.2) is 9.97 Å². The van der Waals surface area contributed by atoms with Gasteiger partial charge in [-0.1, -0.05) is 66.7 Å². The predicted molar refractivity (Wildman–Crippen MR) is 130 cm³/mol. The number of nitrogens with zero attached hydrogens (tertiary/aromatic N) is 3. The number of nitriles is 1. The Bertz CT molecular complexity index is 1720. The third kappa shape index (κ3) is 3.21. The van der Waals surface area contributed by atoms with Gasteiger partial charge in [-0.15, -0.1) is 0 Å². The molecular weight excluding hydrogens is 425 g/mol. The molecule has 0 fully saturated rings. The van der Waals surface area contributed by atoms with Gasteiger partial charge in [-0.3, -0.25) is 0 Å². The van der Waals surface area contributed by atoms with Crippen LogP contribution in [0.5, 0.6) is 0 Å². The van der Waals surface area contributed by atoms with Gasteiger partial charge in [0.1, 0.15) is 17.5 Å². The minimum Gasteiger partial charge on any atom is -0.455 e. The molecule has 2 aromatic heterocycles. The van der Waals surface area contributed by atoms with Crippen LogP contribution < -0.4 is 0 Å². The zero-order chi connectivity index (χ0) is 23.1. The lowest BCUT2D eigenvalue weighted by atomic mass is 9.95. The van der Waals surface area contributed by atoms with E-state index in [1.807, 2.05) is 72.8 Å².